The van der Waals surface area contributed by atoms with Crippen LogP contribution < -0.4 is 26.6 Å². The van der Waals surface area contributed by atoms with E-state index in [0.29, 0.717) is 0 Å². The van der Waals surface area contributed by atoms with E-state index in [9.17, 15) is 0 Å². The Morgan fingerprint density at radius 2 is 0.679 bits per heavy atom. The fourth-order valence-corrected chi connectivity index (χ4v) is 13.5. The molecule has 0 bridgehead atoms. The second-order valence-corrected chi connectivity index (χ2v) is 25.0. The Labute approximate surface area is 484 Å². The lowest BCUT2D eigenvalue weighted by atomic mass is 9.37. The molecule has 8 nitrogen and oxygen atoms in total. The first-order chi connectivity index (χ1) is 40.8. The number of hydrogen-bond donors (Lipinski definition) is 0. The molecule has 6 aromatic heterocycles. The van der Waals surface area contributed by atoms with E-state index in [2.05, 4.69) is 192 Å². The largest absolute Gasteiger partial charge is 0.468 e. The highest BCUT2D eigenvalue weighted by Gasteiger charge is 2.50. The van der Waals surface area contributed by atoms with Gasteiger partial charge in [0.25, 0.3) is 0 Å². The van der Waals surface area contributed by atoms with Gasteiger partial charge >= 0.3 is 6.71 Å². The number of rotatable bonds is 6. The number of hydrogen-bond acceptors (Lipinski definition) is 8. The zero-order chi connectivity index (χ0) is 56.5. The Kier molecular flexibility index (Phi) is 10.1. The van der Waals surface area contributed by atoms with Crippen molar-refractivity contribution in [2.75, 3.05) is 9.80 Å². The SMILES string of the molecule is Cc1cc2c3c(c1)N(c1cc(-c4coc5ccccc45)cc(-c4coc5ccccc45)c1)c1c(oc4ccc(C(C)(C)C)cc14)B3c1oc3ccc(C(C)(C)C)cc3c1N2c1cc(-c2coc3ccccc23)cc(-c2coc3ccccc23)c1. The van der Waals surface area contributed by atoms with Crippen LogP contribution in [0, 0.1) is 6.92 Å². The van der Waals surface area contributed by atoms with Gasteiger partial charge in [0.1, 0.15) is 44.8 Å². The van der Waals surface area contributed by atoms with Crippen LogP contribution in [0.5, 0.6) is 0 Å². The van der Waals surface area contributed by atoms with Crippen LogP contribution in [0.2, 0.25) is 0 Å². The van der Waals surface area contributed by atoms with Crippen LogP contribution >= 0.6 is 0 Å². The number of furan rings is 6. The topological polar surface area (TPSA) is 85.3 Å². The van der Waals surface area contributed by atoms with E-state index in [0.717, 1.165) is 167 Å². The summed E-state index contributed by atoms with van der Waals surface area (Å²) in [7, 11) is 0. The molecule has 8 heterocycles. The van der Waals surface area contributed by atoms with Gasteiger partial charge in [-0.3, -0.25) is 0 Å². The quantitative estimate of drug-likeness (QED) is 0.152. The second kappa shape index (κ2) is 17.5. The summed E-state index contributed by atoms with van der Waals surface area (Å²) >= 11 is 0. The number of nitrogens with zero attached hydrogens (tertiary/aromatic N) is 2. The van der Waals surface area contributed by atoms with Gasteiger partial charge < -0.3 is 36.3 Å². The Balaban J connectivity index is 0.996. The van der Waals surface area contributed by atoms with Gasteiger partial charge in [0.2, 0.25) is 0 Å². The fourth-order valence-electron chi connectivity index (χ4n) is 13.5. The van der Waals surface area contributed by atoms with E-state index in [-0.39, 0.29) is 10.8 Å². The third kappa shape index (κ3) is 7.21. The summed E-state index contributed by atoms with van der Waals surface area (Å²) in [6, 6.07) is 65.0. The molecular weight excluding hydrogens is 1040 g/mol. The molecule has 2 aliphatic rings. The molecule has 0 radical (unpaired) electrons. The van der Waals surface area contributed by atoms with Crippen LogP contribution in [0.3, 0.4) is 0 Å². The highest BCUT2D eigenvalue weighted by atomic mass is 16.4. The first-order valence-electron chi connectivity index (χ1n) is 28.8. The molecule has 0 saturated heterocycles. The van der Waals surface area contributed by atoms with Gasteiger partial charge in [-0.25, -0.2) is 0 Å². The van der Waals surface area contributed by atoms with Crippen LogP contribution in [0.4, 0.5) is 34.1 Å². The predicted octanol–water partition coefficient (Wildman–Crippen LogP) is 19.8. The van der Waals surface area contributed by atoms with Crippen molar-refractivity contribution in [3.8, 4) is 44.5 Å². The first-order valence-corrected chi connectivity index (χ1v) is 28.8. The average molecular weight is 1090 g/mol. The molecule has 9 aromatic carbocycles. The zero-order valence-electron chi connectivity index (χ0n) is 47.6. The minimum absolute atomic E-state index is 0.155. The second-order valence-electron chi connectivity index (χ2n) is 25.0. The van der Waals surface area contributed by atoms with E-state index < -0.39 is 6.71 Å². The molecule has 0 saturated carbocycles. The first kappa shape index (κ1) is 48.6. The van der Waals surface area contributed by atoms with Crippen molar-refractivity contribution in [1.82, 2.24) is 0 Å². The highest BCUT2D eigenvalue weighted by molar-refractivity contribution is 6.99. The van der Waals surface area contributed by atoms with Crippen molar-refractivity contribution in [3.05, 3.63) is 224 Å². The number of anilines is 6. The minimum Gasteiger partial charge on any atom is -0.468 e. The van der Waals surface area contributed by atoms with Crippen molar-refractivity contribution in [1.29, 1.82) is 0 Å². The summed E-state index contributed by atoms with van der Waals surface area (Å²) in [5.74, 6) is 0. The molecule has 0 unspecified atom stereocenters. The molecule has 0 atom stereocenters. The molecule has 84 heavy (non-hydrogen) atoms. The summed E-state index contributed by atoms with van der Waals surface area (Å²) < 4.78 is 40.4. The van der Waals surface area contributed by atoms with Crippen LogP contribution in [0.15, 0.2) is 234 Å². The maximum atomic E-state index is 7.53. The highest BCUT2D eigenvalue weighted by Crippen LogP contribution is 2.53. The van der Waals surface area contributed by atoms with Crippen molar-refractivity contribution in [3.63, 3.8) is 0 Å². The molecule has 17 rings (SSSR count). The van der Waals surface area contributed by atoms with Crippen LogP contribution in [0.25, 0.3) is 110 Å². The average Bonchev–Trinajstić information content (AvgIpc) is 1.51. The van der Waals surface area contributed by atoms with Crippen LogP contribution in [-0.2, 0) is 10.8 Å². The number of para-hydroxylation sites is 4. The molecule has 0 fully saturated rings. The summed E-state index contributed by atoms with van der Waals surface area (Å²) in [6.07, 6.45) is 7.57. The molecule has 15 aromatic rings. The summed E-state index contributed by atoms with van der Waals surface area (Å²) in [5.41, 5.74) is 24.7. The van der Waals surface area contributed by atoms with Crippen LogP contribution in [0.1, 0.15) is 58.2 Å². The molecular formula is C75H55BN2O6. The van der Waals surface area contributed by atoms with E-state index in [4.69, 9.17) is 26.5 Å². The lowest BCUT2D eigenvalue weighted by Crippen LogP contribution is -2.60. The Bertz CT molecular complexity index is 4730. The monoisotopic (exact) mass is 1090 g/mol. The molecule has 0 aliphatic carbocycles. The molecule has 0 amide bonds. The Morgan fingerprint density at radius 3 is 1.01 bits per heavy atom. The van der Waals surface area contributed by atoms with Crippen molar-refractivity contribution < 1.29 is 26.5 Å². The van der Waals surface area contributed by atoms with Gasteiger partial charge in [-0.1, -0.05) is 126 Å². The maximum absolute atomic E-state index is 7.53. The van der Waals surface area contributed by atoms with Crippen molar-refractivity contribution in [2.24, 2.45) is 0 Å². The minimum atomic E-state index is -0.458. The zero-order valence-corrected chi connectivity index (χ0v) is 47.6. The third-order valence-electron chi connectivity index (χ3n) is 17.7. The van der Waals surface area contributed by atoms with Gasteiger partial charge in [0, 0.05) is 77.3 Å². The molecule has 2 aliphatic heterocycles. The van der Waals surface area contributed by atoms with E-state index in [1.165, 1.54) is 11.1 Å². The normalized spacial score (nSPS) is 13.3. The number of fused-ring (bicyclic) bond motifs is 12. The molecule has 9 heteroatoms. The Morgan fingerprint density at radius 1 is 0.345 bits per heavy atom. The van der Waals surface area contributed by atoms with E-state index in [1.54, 1.807) is 0 Å². The summed E-state index contributed by atoms with van der Waals surface area (Å²) in [6.45, 7) is 15.4. The Hall–Kier alpha value is -10.1. The standard InChI is InChI=1S/C75H55BN2O6/c1-42-28-61-69-62(29-42)78(50-34-45(59-40-81-65-22-14-10-18-53(59)65)31-46(35-50)60-41-82-66-23-15-11-19-54(60)66)71-56-37-48(75(5,6)7)25-27-68(56)84-73(71)76(69)72-70(55-36-47(74(2,3)4)24-26-67(55)83-72)77(61)49-32-43(57-38-79-63-20-12-8-16-51(57)63)30-44(33-49)58-39-80-64-21-13-9-17-52(58)64/h8-41H,1-7H3. The predicted molar refractivity (Wildman–Crippen MR) is 343 cm³/mol. The fraction of sp³-hybridized carbons (Fsp3) is 0.120. The maximum Gasteiger partial charge on any atom is 0.342 e. The third-order valence-corrected chi connectivity index (χ3v) is 17.7. The van der Waals surface area contributed by atoms with Gasteiger partial charge in [-0.2, -0.15) is 0 Å². The van der Waals surface area contributed by atoms with Gasteiger partial charge in [0.15, 0.2) is 0 Å². The van der Waals surface area contributed by atoms with Crippen molar-refractivity contribution >= 4 is 123 Å². The van der Waals surface area contributed by atoms with E-state index >= 15 is 0 Å². The van der Waals surface area contributed by atoms with Gasteiger partial charge in [-0.15, -0.1) is 0 Å². The summed E-state index contributed by atoms with van der Waals surface area (Å²) in [4.78, 5) is 4.93. The summed E-state index contributed by atoms with van der Waals surface area (Å²) in [5, 5.41) is 6.17. The number of aryl methyl sites for hydroxylation is 1. The lowest BCUT2D eigenvalue weighted by molar-refractivity contribution is 0.590. The van der Waals surface area contributed by atoms with Gasteiger partial charge in [0.05, 0.1) is 36.4 Å². The molecule has 0 N–H and O–H groups in total. The molecule has 404 valence electrons. The van der Waals surface area contributed by atoms with Crippen molar-refractivity contribution in [2.45, 2.75) is 59.3 Å². The van der Waals surface area contributed by atoms with E-state index in [1.807, 2.05) is 73.6 Å². The van der Waals surface area contributed by atoms with Crippen LogP contribution in [-0.4, -0.2) is 6.71 Å². The van der Waals surface area contributed by atoms with Gasteiger partial charge in [-0.05, 0) is 159 Å². The number of benzene rings is 9. The molecule has 0 spiro atoms. The smallest absolute Gasteiger partial charge is 0.342 e. The lowest BCUT2D eigenvalue weighted by Gasteiger charge is -2.41.